The van der Waals surface area contributed by atoms with Gasteiger partial charge in [0.2, 0.25) is 5.95 Å². The average molecular weight is 219 g/mol. The summed E-state index contributed by atoms with van der Waals surface area (Å²) in [6.45, 7) is 0. The molecule has 0 aliphatic heterocycles. The molecule has 0 unspecified atom stereocenters. The zero-order valence-electron chi connectivity index (χ0n) is 7.81. The molecular formula is C10H9N3OS. The number of nitrogens with zero attached hydrogens (tertiary/aromatic N) is 1. The van der Waals surface area contributed by atoms with Gasteiger partial charge in [-0.15, -0.1) is 11.3 Å². The smallest absolute Gasteiger partial charge is 0.250 e. The number of anilines is 1. The van der Waals surface area contributed by atoms with Crippen LogP contribution in [0.3, 0.4) is 0 Å². The molecule has 2 N–H and O–H groups in total. The molecule has 4 nitrogen and oxygen atoms in total. The fraction of sp³-hybridized carbons (Fsp3) is 0. The molecule has 15 heavy (non-hydrogen) atoms. The molecule has 0 fully saturated rings. The van der Waals surface area contributed by atoms with Crippen LogP contribution in [0.1, 0.15) is 4.88 Å². The Balaban J connectivity index is 1.93. The normalized spacial score (nSPS) is 10.7. The predicted octanol–water partition coefficient (Wildman–Crippen LogP) is 2.12. The lowest BCUT2D eigenvalue weighted by Crippen LogP contribution is -2.08. The molecule has 0 saturated carbocycles. The third kappa shape index (κ3) is 2.78. The molecule has 2 aromatic heterocycles. The van der Waals surface area contributed by atoms with Crippen molar-refractivity contribution in [1.82, 2.24) is 9.97 Å². The quantitative estimate of drug-likeness (QED) is 0.777. The van der Waals surface area contributed by atoms with Crippen LogP contribution in [0.4, 0.5) is 5.95 Å². The van der Waals surface area contributed by atoms with E-state index in [9.17, 15) is 4.79 Å². The summed E-state index contributed by atoms with van der Waals surface area (Å²) in [6, 6.07) is 3.89. The minimum atomic E-state index is -0.196. The van der Waals surface area contributed by atoms with Crippen molar-refractivity contribution < 1.29 is 4.79 Å². The summed E-state index contributed by atoms with van der Waals surface area (Å²) in [5.41, 5.74) is 0. The first-order chi connectivity index (χ1) is 7.34. The Kier molecular flexibility index (Phi) is 2.94. The second kappa shape index (κ2) is 4.56. The number of aromatic amines is 1. The minimum Gasteiger partial charge on any atom is -0.331 e. The summed E-state index contributed by atoms with van der Waals surface area (Å²) >= 11 is 1.58. The van der Waals surface area contributed by atoms with E-state index in [1.807, 2.05) is 17.5 Å². The van der Waals surface area contributed by atoms with Gasteiger partial charge in [0.05, 0.1) is 0 Å². The van der Waals surface area contributed by atoms with Gasteiger partial charge in [0.15, 0.2) is 0 Å². The summed E-state index contributed by atoms with van der Waals surface area (Å²) in [6.07, 6.45) is 6.48. The second-order valence-corrected chi connectivity index (χ2v) is 3.76. The van der Waals surface area contributed by atoms with Crippen molar-refractivity contribution in [1.29, 1.82) is 0 Å². The van der Waals surface area contributed by atoms with E-state index in [2.05, 4.69) is 15.3 Å². The van der Waals surface area contributed by atoms with E-state index in [1.54, 1.807) is 29.8 Å². The van der Waals surface area contributed by atoms with Crippen LogP contribution in [0.5, 0.6) is 0 Å². The molecule has 76 valence electrons. The molecule has 0 aliphatic carbocycles. The molecular weight excluding hydrogens is 210 g/mol. The summed E-state index contributed by atoms with van der Waals surface area (Å²) in [5, 5.41) is 4.56. The maximum atomic E-state index is 11.4. The summed E-state index contributed by atoms with van der Waals surface area (Å²) < 4.78 is 0. The molecule has 5 heteroatoms. The van der Waals surface area contributed by atoms with Gasteiger partial charge in [-0.3, -0.25) is 10.1 Å². The molecule has 1 amide bonds. The Bertz CT molecular complexity index is 445. The van der Waals surface area contributed by atoms with Crippen LogP contribution in [0.15, 0.2) is 36.0 Å². The highest BCUT2D eigenvalue weighted by Gasteiger charge is 1.98. The number of aromatic nitrogens is 2. The van der Waals surface area contributed by atoms with Crippen LogP contribution in [-0.4, -0.2) is 15.9 Å². The van der Waals surface area contributed by atoms with E-state index in [0.717, 1.165) is 4.88 Å². The number of carbonyl (C=O) groups is 1. The molecule has 2 aromatic rings. The van der Waals surface area contributed by atoms with Gasteiger partial charge >= 0.3 is 0 Å². The largest absolute Gasteiger partial charge is 0.331 e. The Morgan fingerprint density at radius 2 is 2.53 bits per heavy atom. The van der Waals surface area contributed by atoms with E-state index in [1.165, 1.54) is 6.08 Å². The monoisotopic (exact) mass is 219 g/mol. The molecule has 0 aromatic carbocycles. The lowest BCUT2D eigenvalue weighted by Gasteiger charge is -1.94. The summed E-state index contributed by atoms with van der Waals surface area (Å²) in [4.78, 5) is 19.1. The maximum Gasteiger partial charge on any atom is 0.250 e. The number of hydrogen-bond acceptors (Lipinski definition) is 3. The average Bonchev–Trinajstić information content (AvgIpc) is 2.86. The number of rotatable bonds is 3. The highest BCUT2D eigenvalue weighted by Crippen LogP contribution is 2.10. The number of nitrogens with one attached hydrogen (secondary N) is 2. The Labute approximate surface area is 90.7 Å². The number of carbonyl (C=O) groups excluding carboxylic acids is 1. The van der Waals surface area contributed by atoms with Gasteiger partial charge in [0, 0.05) is 23.3 Å². The number of thiophene rings is 1. The molecule has 0 atom stereocenters. The van der Waals surface area contributed by atoms with Gasteiger partial charge in [0.25, 0.3) is 5.91 Å². The van der Waals surface area contributed by atoms with E-state index in [-0.39, 0.29) is 5.91 Å². The Morgan fingerprint density at radius 1 is 1.60 bits per heavy atom. The van der Waals surface area contributed by atoms with Crippen LogP contribution in [0, 0.1) is 0 Å². The first-order valence-electron chi connectivity index (χ1n) is 4.36. The molecule has 2 heterocycles. The predicted molar refractivity (Wildman–Crippen MR) is 60.6 cm³/mol. The molecule has 0 bridgehead atoms. The van der Waals surface area contributed by atoms with Crippen molar-refractivity contribution in [3.05, 3.63) is 40.9 Å². The van der Waals surface area contributed by atoms with Crippen molar-refractivity contribution in [2.75, 3.05) is 5.32 Å². The van der Waals surface area contributed by atoms with Crippen LogP contribution in [-0.2, 0) is 4.79 Å². The van der Waals surface area contributed by atoms with E-state index < -0.39 is 0 Å². The first kappa shape index (κ1) is 9.67. The standard InChI is InChI=1S/C10H9N3OS/c14-9(13-10-11-5-6-12-10)4-3-8-2-1-7-15-8/h1-7H,(H2,11,12,13,14). The number of amides is 1. The van der Waals surface area contributed by atoms with Crippen molar-refractivity contribution in [2.45, 2.75) is 0 Å². The lowest BCUT2D eigenvalue weighted by molar-refractivity contribution is -0.111. The molecule has 0 saturated heterocycles. The van der Waals surface area contributed by atoms with Crippen LogP contribution in [0.25, 0.3) is 6.08 Å². The molecule has 0 spiro atoms. The maximum absolute atomic E-state index is 11.4. The Hall–Kier alpha value is -1.88. The third-order valence-corrected chi connectivity index (χ3v) is 2.52. The van der Waals surface area contributed by atoms with E-state index in [0.29, 0.717) is 5.95 Å². The van der Waals surface area contributed by atoms with Gasteiger partial charge in [0.1, 0.15) is 0 Å². The lowest BCUT2D eigenvalue weighted by atomic mass is 10.4. The highest BCUT2D eigenvalue weighted by molar-refractivity contribution is 7.10. The van der Waals surface area contributed by atoms with Gasteiger partial charge in [-0.1, -0.05) is 6.07 Å². The van der Waals surface area contributed by atoms with E-state index in [4.69, 9.17) is 0 Å². The van der Waals surface area contributed by atoms with Crippen molar-refractivity contribution in [2.24, 2.45) is 0 Å². The first-order valence-corrected chi connectivity index (χ1v) is 5.24. The van der Waals surface area contributed by atoms with Gasteiger partial charge in [-0.2, -0.15) is 0 Å². The Morgan fingerprint density at radius 3 is 3.20 bits per heavy atom. The SMILES string of the molecule is O=C(C=Cc1cccs1)Nc1ncc[nH]1. The van der Waals surface area contributed by atoms with Crippen molar-refractivity contribution in [3.63, 3.8) is 0 Å². The van der Waals surface area contributed by atoms with Gasteiger partial charge in [-0.05, 0) is 17.5 Å². The number of hydrogen-bond donors (Lipinski definition) is 2. The fourth-order valence-corrected chi connectivity index (χ4v) is 1.65. The molecule has 0 radical (unpaired) electrons. The van der Waals surface area contributed by atoms with Crippen molar-refractivity contribution in [3.8, 4) is 0 Å². The van der Waals surface area contributed by atoms with Crippen LogP contribution >= 0.6 is 11.3 Å². The van der Waals surface area contributed by atoms with E-state index >= 15 is 0 Å². The summed E-state index contributed by atoms with van der Waals surface area (Å²) in [7, 11) is 0. The zero-order valence-corrected chi connectivity index (χ0v) is 8.62. The zero-order chi connectivity index (χ0) is 10.5. The van der Waals surface area contributed by atoms with Gasteiger partial charge < -0.3 is 4.98 Å². The molecule has 2 rings (SSSR count). The van der Waals surface area contributed by atoms with Crippen LogP contribution in [0.2, 0.25) is 0 Å². The molecule has 0 aliphatic rings. The number of imidazole rings is 1. The van der Waals surface area contributed by atoms with Crippen LogP contribution < -0.4 is 5.32 Å². The van der Waals surface area contributed by atoms with Crippen molar-refractivity contribution >= 4 is 29.3 Å². The number of H-pyrrole nitrogens is 1. The summed E-state index contributed by atoms with van der Waals surface area (Å²) in [5.74, 6) is 0.258. The highest BCUT2D eigenvalue weighted by atomic mass is 32.1. The topological polar surface area (TPSA) is 57.8 Å². The van der Waals surface area contributed by atoms with Gasteiger partial charge in [-0.25, -0.2) is 4.98 Å². The minimum absolute atomic E-state index is 0.196. The second-order valence-electron chi connectivity index (χ2n) is 2.78. The third-order valence-electron chi connectivity index (χ3n) is 1.68. The fourth-order valence-electron chi connectivity index (χ4n) is 1.04.